The lowest BCUT2D eigenvalue weighted by Crippen LogP contribution is -2.41. The van der Waals surface area contributed by atoms with Crippen molar-refractivity contribution in [2.24, 2.45) is 5.73 Å². The monoisotopic (exact) mass is 245 g/mol. The van der Waals surface area contributed by atoms with E-state index in [9.17, 15) is 4.21 Å². The second kappa shape index (κ2) is 7.44. The normalized spacial score (nSPS) is 23.9. The molecule has 0 heterocycles. The highest BCUT2D eigenvalue weighted by atomic mass is 32.2. The summed E-state index contributed by atoms with van der Waals surface area (Å²) in [7, 11) is -0.701. The van der Waals surface area contributed by atoms with E-state index in [-0.39, 0.29) is 11.3 Å². The Kier molecular flexibility index (Phi) is 6.59. The van der Waals surface area contributed by atoms with Crippen LogP contribution in [0.25, 0.3) is 0 Å². The first-order chi connectivity index (χ1) is 7.70. The summed E-state index contributed by atoms with van der Waals surface area (Å²) in [6.45, 7) is 4.27. The summed E-state index contributed by atoms with van der Waals surface area (Å²) in [6, 6.07) is 0.137. The van der Waals surface area contributed by atoms with Crippen molar-refractivity contribution in [3.63, 3.8) is 0 Å². The van der Waals surface area contributed by atoms with Gasteiger partial charge < -0.3 is 5.73 Å². The van der Waals surface area contributed by atoms with E-state index in [2.05, 4.69) is 13.8 Å². The third-order valence-electron chi connectivity index (χ3n) is 3.68. The molecule has 0 aromatic heterocycles. The lowest BCUT2D eigenvalue weighted by atomic mass is 10.0. The molecule has 1 fully saturated rings. The summed E-state index contributed by atoms with van der Waals surface area (Å²) in [4.78, 5) is 0. The number of hydrogen-bond acceptors (Lipinski definition) is 2. The summed E-state index contributed by atoms with van der Waals surface area (Å²) in [5.41, 5.74) is 6.15. The molecule has 0 amide bonds. The molecule has 0 aliphatic heterocycles. The maximum atomic E-state index is 12.5. The third kappa shape index (κ3) is 3.85. The molecule has 1 aliphatic carbocycles. The molecule has 0 aromatic rings. The molecule has 96 valence electrons. The molecule has 0 saturated heterocycles. The smallest absolute Gasteiger partial charge is 0.0499 e. The highest BCUT2D eigenvalue weighted by Gasteiger charge is 2.29. The molecule has 3 heteroatoms. The van der Waals surface area contributed by atoms with Gasteiger partial charge in [0.15, 0.2) is 0 Å². The Balaban J connectivity index is 2.53. The Morgan fingerprint density at radius 2 is 1.88 bits per heavy atom. The van der Waals surface area contributed by atoms with Gasteiger partial charge in [-0.2, -0.15) is 0 Å². The zero-order chi connectivity index (χ0) is 12.0. The first-order valence-corrected chi connectivity index (χ1v) is 8.13. The molecule has 1 rings (SSSR count). The molecular weight excluding hydrogens is 218 g/mol. The van der Waals surface area contributed by atoms with E-state index < -0.39 is 10.8 Å². The van der Waals surface area contributed by atoms with Crippen LogP contribution >= 0.6 is 0 Å². The van der Waals surface area contributed by atoms with Crippen molar-refractivity contribution >= 4 is 10.8 Å². The van der Waals surface area contributed by atoms with E-state index in [1.807, 2.05) is 0 Å². The SMILES string of the molecule is CCCC(N)C(CC)S(=O)C1CCCCC1. The van der Waals surface area contributed by atoms with Gasteiger partial charge in [-0.3, -0.25) is 4.21 Å². The quantitative estimate of drug-likeness (QED) is 0.782. The van der Waals surface area contributed by atoms with Gasteiger partial charge in [0.2, 0.25) is 0 Å². The first kappa shape index (κ1) is 14.2. The molecule has 0 radical (unpaired) electrons. The number of rotatable bonds is 6. The predicted molar refractivity (Wildman–Crippen MR) is 72.0 cm³/mol. The summed E-state index contributed by atoms with van der Waals surface area (Å²) in [6.07, 6.45) is 9.22. The van der Waals surface area contributed by atoms with Gasteiger partial charge in [0.05, 0.1) is 0 Å². The Bertz CT molecular complexity index is 214. The fourth-order valence-corrected chi connectivity index (χ4v) is 4.80. The van der Waals surface area contributed by atoms with Crippen molar-refractivity contribution in [1.82, 2.24) is 0 Å². The topological polar surface area (TPSA) is 43.1 Å². The average Bonchev–Trinajstić information content (AvgIpc) is 2.31. The van der Waals surface area contributed by atoms with E-state index in [1.54, 1.807) is 0 Å². The van der Waals surface area contributed by atoms with Crippen LogP contribution in [0.4, 0.5) is 0 Å². The van der Waals surface area contributed by atoms with Crippen molar-refractivity contribution in [2.45, 2.75) is 81.8 Å². The third-order valence-corrected chi connectivity index (χ3v) is 6.09. The van der Waals surface area contributed by atoms with Crippen LogP contribution in [0, 0.1) is 0 Å². The minimum absolute atomic E-state index is 0.137. The average molecular weight is 245 g/mol. The van der Waals surface area contributed by atoms with Crippen LogP contribution in [0.2, 0.25) is 0 Å². The summed E-state index contributed by atoms with van der Waals surface area (Å²) in [5, 5.41) is 0.657. The second-order valence-corrected chi connectivity index (χ2v) is 6.92. The molecule has 0 spiro atoms. The molecule has 2 nitrogen and oxygen atoms in total. The number of nitrogens with two attached hydrogens (primary N) is 1. The minimum atomic E-state index is -0.701. The van der Waals surface area contributed by atoms with E-state index in [1.165, 1.54) is 19.3 Å². The van der Waals surface area contributed by atoms with Crippen LogP contribution in [0.15, 0.2) is 0 Å². The predicted octanol–water partition coefficient (Wildman–Crippen LogP) is 2.97. The molecule has 0 aromatic carbocycles. The van der Waals surface area contributed by atoms with E-state index >= 15 is 0 Å². The Labute approximate surface area is 103 Å². The van der Waals surface area contributed by atoms with Crippen molar-refractivity contribution in [1.29, 1.82) is 0 Å². The van der Waals surface area contributed by atoms with Crippen LogP contribution in [0.3, 0.4) is 0 Å². The molecule has 3 unspecified atom stereocenters. The lowest BCUT2D eigenvalue weighted by Gasteiger charge is -2.28. The summed E-state index contributed by atoms with van der Waals surface area (Å²) >= 11 is 0. The zero-order valence-corrected chi connectivity index (χ0v) is 11.6. The van der Waals surface area contributed by atoms with Crippen LogP contribution in [0.1, 0.15) is 65.2 Å². The van der Waals surface area contributed by atoms with Gasteiger partial charge in [-0.25, -0.2) is 0 Å². The Morgan fingerprint density at radius 1 is 1.25 bits per heavy atom. The lowest BCUT2D eigenvalue weighted by molar-refractivity contribution is 0.490. The fraction of sp³-hybridized carbons (Fsp3) is 1.00. The van der Waals surface area contributed by atoms with Gasteiger partial charge in [-0.1, -0.05) is 39.5 Å². The maximum absolute atomic E-state index is 12.5. The molecule has 0 bridgehead atoms. The van der Waals surface area contributed by atoms with Crippen molar-refractivity contribution in [3.8, 4) is 0 Å². The maximum Gasteiger partial charge on any atom is 0.0499 e. The zero-order valence-electron chi connectivity index (χ0n) is 10.8. The summed E-state index contributed by atoms with van der Waals surface area (Å²) < 4.78 is 12.5. The fourth-order valence-electron chi connectivity index (χ4n) is 2.70. The van der Waals surface area contributed by atoms with Crippen LogP contribution in [-0.4, -0.2) is 20.8 Å². The largest absolute Gasteiger partial charge is 0.327 e. The van der Waals surface area contributed by atoms with Crippen LogP contribution in [-0.2, 0) is 10.8 Å². The highest BCUT2D eigenvalue weighted by Crippen LogP contribution is 2.26. The van der Waals surface area contributed by atoms with E-state index in [0.29, 0.717) is 5.25 Å². The van der Waals surface area contributed by atoms with Gasteiger partial charge in [0.25, 0.3) is 0 Å². The van der Waals surface area contributed by atoms with Gasteiger partial charge >= 0.3 is 0 Å². The number of hydrogen-bond donors (Lipinski definition) is 1. The molecule has 1 saturated carbocycles. The molecule has 2 N–H and O–H groups in total. The van der Waals surface area contributed by atoms with Gasteiger partial charge in [-0.05, 0) is 25.7 Å². The van der Waals surface area contributed by atoms with Crippen LogP contribution < -0.4 is 5.73 Å². The highest BCUT2D eigenvalue weighted by molar-refractivity contribution is 7.86. The second-order valence-electron chi connectivity index (χ2n) is 4.99. The van der Waals surface area contributed by atoms with Gasteiger partial charge in [0, 0.05) is 27.3 Å². The van der Waals surface area contributed by atoms with Crippen molar-refractivity contribution in [3.05, 3.63) is 0 Å². The Hall–Kier alpha value is 0.110. The molecule has 16 heavy (non-hydrogen) atoms. The molecular formula is C13H27NOS. The first-order valence-electron chi connectivity index (χ1n) is 6.85. The van der Waals surface area contributed by atoms with E-state index in [4.69, 9.17) is 5.73 Å². The van der Waals surface area contributed by atoms with Gasteiger partial charge in [-0.15, -0.1) is 0 Å². The molecule has 3 atom stereocenters. The minimum Gasteiger partial charge on any atom is -0.327 e. The Morgan fingerprint density at radius 3 is 2.38 bits per heavy atom. The van der Waals surface area contributed by atoms with Crippen molar-refractivity contribution in [2.75, 3.05) is 0 Å². The van der Waals surface area contributed by atoms with E-state index in [0.717, 1.165) is 32.1 Å². The van der Waals surface area contributed by atoms with Gasteiger partial charge in [0.1, 0.15) is 0 Å². The standard InChI is InChI=1S/C13H27NOS/c1-3-8-12(14)13(4-2)16(15)11-9-6-5-7-10-11/h11-13H,3-10,14H2,1-2H3. The molecule has 1 aliphatic rings. The summed E-state index contributed by atoms with van der Waals surface area (Å²) in [5.74, 6) is 0. The van der Waals surface area contributed by atoms with Crippen LogP contribution in [0.5, 0.6) is 0 Å². The van der Waals surface area contributed by atoms with Crippen molar-refractivity contribution < 1.29 is 4.21 Å².